The van der Waals surface area contributed by atoms with Crippen LogP contribution in [-0.2, 0) is 12.6 Å². The molecule has 1 heterocycles. The molecule has 1 rings (SSSR count). The molecule has 14 heavy (non-hydrogen) atoms. The van der Waals surface area contributed by atoms with Gasteiger partial charge in [0.1, 0.15) is 5.69 Å². The average molecular weight is 228 g/mol. The number of hydrogen-bond acceptors (Lipinski definition) is 2. The molecule has 0 aliphatic carbocycles. The van der Waals surface area contributed by atoms with Crippen molar-refractivity contribution in [3.63, 3.8) is 0 Å². The van der Waals surface area contributed by atoms with Gasteiger partial charge in [-0.05, 0) is 13.3 Å². The fourth-order valence-electron chi connectivity index (χ4n) is 1.09. The van der Waals surface area contributed by atoms with Crippen molar-refractivity contribution < 1.29 is 13.2 Å². The Kier molecular flexibility index (Phi) is 3.06. The summed E-state index contributed by atoms with van der Waals surface area (Å²) >= 11 is 5.50. The van der Waals surface area contributed by atoms with Crippen LogP contribution >= 0.6 is 11.6 Å². The monoisotopic (exact) mass is 227 g/mol. The van der Waals surface area contributed by atoms with E-state index in [0.717, 1.165) is 0 Å². The molecule has 3 N–H and O–H groups in total. The van der Waals surface area contributed by atoms with Crippen molar-refractivity contribution in [2.24, 2.45) is 5.73 Å². The summed E-state index contributed by atoms with van der Waals surface area (Å²) < 4.78 is 37.0. The number of nitrogens with zero attached hydrogens (tertiary/aromatic N) is 1. The van der Waals surface area contributed by atoms with Gasteiger partial charge in [0.2, 0.25) is 0 Å². The Bertz CT molecular complexity index is 318. The van der Waals surface area contributed by atoms with Gasteiger partial charge in [0.25, 0.3) is 0 Å². The molecule has 0 radical (unpaired) electrons. The fourth-order valence-corrected chi connectivity index (χ4v) is 1.30. The Labute approximate surface area is 83.4 Å². The quantitative estimate of drug-likeness (QED) is 0.812. The molecule has 0 aromatic carbocycles. The van der Waals surface area contributed by atoms with E-state index in [-0.39, 0.29) is 17.1 Å². The topological polar surface area (TPSA) is 54.7 Å². The van der Waals surface area contributed by atoms with Crippen LogP contribution in [0.2, 0.25) is 5.15 Å². The van der Waals surface area contributed by atoms with Crippen LogP contribution in [-0.4, -0.2) is 16.2 Å². The average Bonchev–Trinajstić information content (AvgIpc) is 2.30. The lowest BCUT2D eigenvalue weighted by atomic mass is 10.1. The molecule has 80 valence electrons. The van der Waals surface area contributed by atoms with Crippen LogP contribution in [0, 0.1) is 0 Å². The lowest BCUT2D eigenvalue weighted by Gasteiger charge is -2.08. The molecule has 1 aromatic heterocycles. The molecule has 1 unspecified atom stereocenters. The Morgan fingerprint density at radius 1 is 1.57 bits per heavy atom. The molecule has 1 aromatic rings. The molecule has 0 aliphatic heterocycles. The van der Waals surface area contributed by atoms with Gasteiger partial charge in [0.15, 0.2) is 5.15 Å². The zero-order valence-electron chi connectivity index (χ0n) is 7.32. The van der Waals surface area contributed by atoms with Crippen LogP contribution < -0.4 is 5.73 Å². The number of hydrogen-bond donors (Lipinski definition) is 2. The third kappa shape index (κ3) is 2.39. The van der Waals surface area contributed by atoms with E-state index < -0.39 is 17.9 Å². The molecule has 0 saturated heterocycles. The minimum absolute atomic E-state index is 0.0458. The first-order valence-electron chi connectivity index (χ1n) is 3.88. The van der Waals surface area contributed by atoms with Crippen LogP contribution in [0.4, 0.5) is 13.2 Å². The highest BCUT2D eigenvalue weighted by Gasteiger charge is 2.37. The van der Waals surface area contributed by atoms with Gasteiger partial charge < -0.3 is 5.73 Å². The maximum atomic E-state index is 12.3. The third-order valence-corrected chi connectivity index (χ3v) is 1.94. The van der Waals surface area contributed by atoms with Gasteiger partial charge in [-0.25, -0.2) is 0 Å². The summed E-state index contributed by atoms with van der Waals surface area (Å²) in [7, 11) is 0. The lowest BCUT2D eigenvalue weighted by molar-refractivity contribution is -0.141. The van der Waals surface area contributed by atoms with Crippen molar-refractivity contribution in [3.05, 3.63) is 16.4 Å². The molecule has 0 spiro atoms. The summed E-state index contributed by atoms with van der Waals surface area (Å²) in [5.41, 5.74) is 4.41. The minimum Gasteiger partial charge on any atom is -0.328 e. The predicted molar refractivity (Wildman–Crippen MR) is 46.0 cm³/mol. The summed E-state index contributed by atoms with van der Waals surface area (Å²) in [4.78, 5) is 0. The van der Waals surface area contributed by atoms with Gasteiger partial charge in [0, 0.05) is 11.6 Å². The van der Waals surface area contributed by atoms with E-state index in [2.05, 4.69) is 5.10 Å². The molecule has 0 bridgehead atoms. The van der Waals surface area contributed by atoms with Crippen LogP contribution in [0.1, 0.15) is 18.2 Å². The van der Waals surface area contributed by atoms with Crippen molar-refractivity contribution in [1.82, 2.24) is 10.2 Å². The second-order valence-corrected chi connectivity index (χ2v) is 3.41. The molecule has 7 heteroatoms. The van der Waals surface area contributed by atoms with Gasteiger partial charge in [0.05, 0.1) is 0 Å². The Hall–Kier alpha value is -0.750. The van der Waals surface area contributed by atoms with Crippen LogP contribution in [0.25, 0.3) is 0 Å². The number of H-pyrrole nitrogens is 1. The predicted octanol–water partition coefficient (Wildman–Crippen LogP) is 1.97. The van der Waals surface area contributed by atoms with Gasteiger partial charge in [-0.15, -0.1) is 0 Å². The fraction of sp³-hybridized carbons (Fsp3) is 0.571. The van der Waals surface area contributed by atoms with Crippen LogP contribution in [0.15, 0.2) is 0 Å². The summed E-state index contributed by atoms with van der Waals surface area (Å²) in [5, 5.41) is 4.99. The molecule has 1 atom stereocenters. The van der Waals surface area contributed by atoms with Crippen LogP contribution in [0.5, 0.6) is 0 Å². The summed E-state index contributed by atoms with van der Waals surface area (Å²) in [5.74, 6) is 0. The van der Waals surface area contributed by atoms with Crippen molar-refractivity contribution in [2.45, 2.75) is 25.6 Å². The van der Waals surface area contributed by atoms with Crippen LogP contribution in [0.3, 0.4) is 0 Å². The molecule has 0 aliphatic rings. The summed E-state index contributed by atoms with van der Waals surface area (Å²) in [6.07, 6.45) is -4.42. The summed E-state index contributed by atoms with van der Waals surface area (Å²) in [6, 6.07) is -0.397. The molecule has 3 nitrogen and oxygen atoms in total. The normalized spacial score (nSPS) is 14.4. The number of nitrogens with one attached hydrogen (secondary N) is 1. The maximum absolute atomic E-state index is 12.3. The standard InChI is InChI=1S/C7H9ClF3N3/c1-3(12)2-4-5(7(9,10)11)13-14-6(4)8/h3H,2,12H2,1H3,(H,13,14). The van der Waals surface area contributed by atoms with Gasteiger partial charge in [-0.2, -0.15) is 18.3 Å². The number of halogens is 4. The Balaban J connectivity index is 3.06. The second-order valence-electron chi connectivity index (χ2n) is 3.05. The van der Waals surface area contributed by atoms with Gasteiger partial charge >= 0.3 is 6.18 Å². The lowest BCUT2D eigenvalue weighted by Crippen LogP contribution is -2.20. The largest absolute Gasteiger partial charge is 0.433 e. The van der Waals surface area contributed by atoms with E-state index >= 15 is 0 Å². The van der Waals surface area contributed by atoms with Gasteiger partial charge in [-0.3, -0.25) is 5.10 Å². The molecule has 0 amide bonds. The smallest absolute Gasteiger partial charge is 0.328 e. The molecule has 0 fully saturated rings. The minimum atomic E-state index is -4.47. The number of aromatic amines is 1. The maximum Gasteiger partial charge on any atom is 0.433 e. The van der Waals surface area contributed by atoms with E-state index in [1.54, 1.807) is 6.92 Å². The highest BCUT2D eigenvalue weighted by Crippen LogP contribution is 2.33. The Morgan fingerprint density at radius 3 is 2.57 bits per heavy atom. The van der Waals surface area contributed by atoms with E-state index in [9.17, 15) is 13.2 Å². The molecular formula is C7H9ClF3N3. The van der Waals surface area contributed by atoms with E-state index in [4.69, 9.17) is 17.3 Å². The summed E-state index contributed by atoms with van der Waals surface area (Å²) in [6.45, 7) is 1.60. The molecule has 0 saturated carbocycles. The van der Waals surface area contributed by atoms with E-state index in [0.29, 0.717) is 0 Å². The highest BCUT2D eigenvalue weighted by atomic mass is 35.5. The first-order valence-corrected chi connectivity index (χ1v) is 4.25. The SMILES string of the molecule is CC(N)Cc1c(Cl)n[nH]c1C(F)(F)F. The second kappa shape index (κ2) is 3.78. The zero-order valence-corrected chi connectivity index (χ0v) is 8.08. The van der Waals surface area contributed by atoms with Crippen molar-refractivity contribution in [3.8, 4) is 0 Å². The van der Waals surface area contributed by atoms with E-state index in [1.165, 1.54) is 0 Å². The number of aromatic nitrogens is 2. The first-order chi connectivity index (χ1) is 6.32. The number of rotatable bonds is 2. The van der Waals surface area contributed by atoms with Gasteiger partial charge in [-0.1, -0.05) is 11.6 Å². The van der Waals surface area contributed by atoms with Crippen molar-refractivity contribution >= 4 is 11.6 Å². The Morgan fingerprint density at radius 2 is 2.14 bits per heavy atom. The van der Waals surface area contributed by atoms with E-state index in [1.807, 2.05) is 5.10 Å². The van der Waals surface area contributed by atoms with Crippen molar-refractivity contribution in [2.75, 3.05) is 0 Å². The number of nitrogens with two attached hydrogens (primary N) is 1. The van der Waals surface area contributed by atoms with Crippen molar-refractivity contribution in [1.29, 1.82) is 0 Å². The highest BCUT2D eigenvalue weighted by molar-refractivity contribution is 6.30. The third-order valence-electron chi connectivity index (χ3n) is 1.63. The molecular weight excluding hydrogens is 219 g/mol. The first kappa shape index (κ1) is 11.3. The number of alkyl halides is 3. The zero-order chi connectivity index (χ0) is 10.9.